The summed E-state index contributed by atoms with van der Waals surface area (Å²) in [5.74, 6) is -0.126. The van der Waals surface area contributed by atoms with Gasteiger partial charge in [0.15, 0.2) is 0 Å². The summed E-state index contributed by atoms with van der Waals surface area (Å²) in [5.41, 5.74) is 4.48. The normalized spacial score (nSPS) is 10.2. The van der Waals surface area contributed by atoms with E-state index in [2.05, 4.69) is 15.6 Å². The van der Waals surface area contributed by atoms with Crippen LogP contribution in [0.2, 0.25) is 0 Å². The summed E-state index contributed by atoms with van der Waals surface area (Å²) in [7, 11) is 3.33. The summed E-state index contributed by atoms with van der Waals surface area (Å²) in [6.45, 7) is 4.81. The summed E-state index contributed by atoms with van der Waals surface area (Å²) in [6, 6.07) is 10.9. The Morgan fingerprint density at radius 3 is 2.36 bits per heavy atom. The molecular weight excluding hydrogens is 316 g/mol. The predicted molar refractivity (Wildman–Crippen MR) is 97.2 cm³/mol. The minimum absolute atomic E-state index is 0.126. The van der Waals surface area contributed by atoms with Gasteiger partial charge in [-0.25, -0.2) is 4.79 Å². The smallest absolute Gasteiger partial charge is 0.317 e. The average molecular weight is 340 g/mol. The molecule has 1 heterocycles. The van der Waals surface area contributed by atoms with Crippen LogP contribution in [0.15, 0.2) is 36.4 Å². The minimum atomic E-state index is -0.171. The largest absolute Gasteiger partial charge is 0.355 e. The second kappa shape index (κ2) is 8.28. The van der Waals surface area contributed by atoms with E-state index in [1.165, 1.54) is 0 Å². The molecular formula is C19H24N4O2. The number of amides is 3. The van der Waals surface area contributed by atoms with Crippen LogP contribution >= 0.6 is 0 Å². The molecule has 2 rings (SSSR count). The van der Waals surface area contributed by atoms with Gasteiger partial charge in [0.2, 0.25) is 0 Å². The van der Waals surface area contributed by atoms with Crippen molar-refractivity contribution in [3.63, 3.8) is 0 Å². The molecule has 6 heteroatoms. The lowest BCUT2D eigenvalue weighted by molar-refractivity contribution is 0.0963. The van der Waals surface area contributed by atoms with Crippen molar-refractivity contribution in [3.8, 4) is 0 Å². The molecule has 0 bridgehead atoms. The van der Waals surface area contributed by atoms with E-state index < -0.39 is 0 Å². The number of pyridine rings is 1. The first kappa shape index (κ1) is 18.4. The van der Waals surface area contributed by atoms with Gasteiger partial charge in [-0.15, -0.1) is 0 Å². The second-order valence-electron chi connectivity index (χ2n) is 6.00. The van der Waals surface area contributed by atoms with Crippen LogP contribution in [0.5, 0.6) is 0 Å². The van der Waals surface area contributed by atoms with E-state index in [0.29, 0.717) is 18.7 Å². The lowest BCUT2D eigenvalue weighted by Crippen LogP contribution is -2.36. The van der Waals surface area contributed by atoms with Crippen LogP contribution in [0.4, 0.5) is 4.79 Å². The van der Waals surface area contributed by atoms with Gasteiger partial charge in [0.1, 0.15) is 0 Å². The van der Waals surface area contributed by atoms with E-state index in [4.69, 9.17) is 0 Å². The zero-order valence-corrected chi connectivity index (χ0v) is 15.1. The molecule has 0 aliphatic carbocycles. The molecule has 0 saturated heterocycles. The third-order valence-electron chi connectivity index (χ3n) is 4.04. The molecule has 132 valence electrons. The highest BCUT2D eigenvalue weighted by atomic mass is 16.2. The van der Waals surface area contributed by atoms with E-state index in [9.17, 15) is 9.59 Å². The number of hydrogen-bond acceptors (Lipinski definition) is 3. The molecule has 0 unspecified atom stereocenters. The van der Waals surface area contributed by atoms with Gasteiger partial charge in [-0.2, -0.15) is 0 Å². The topological polar surface area (TPSA) is 74.3 Å². The number of nitrogens with one attached hydrogen (secondary N) is 2. The van der Waals surface area contributed by atoms with Crippen LogP contribution in [0.1, 0.15) is 32.9 Å². The average Bonchev–Trinajstić information content (AvgIpc) is 2.62. The number of hydrogen-bond donors (Lipinski definition) is 2. The summed E-state index contributed by atoms with van der Waals surface area (Å²) >= 11 is 0. The maximum atomic E-state index is 12.2. The van der Waals surface area contributed by atoms with Gasteiger partial charge in [-0.3, -0.25) is 9.78 Å². The third kappa shape index (κ3) is 5.04. The van der Waals surface area contributed by atoms with Crippen LogP contribution in [-0.4, -0.2) is 35.9 Å². The number of carbonyl (C=O) groups is 2. The van der Waals surface area contributed by atoms with Gasteiger partial charge >= 0.3 is 6.03 Å². The van der Waals surface area contributed by atoms with E-state index in [1.807, 2.05) is 38.1 Å². The molecule has 2 aromatic rings. The van der Waals surface area contributed by atoms with Crippen molar-refractivity contribution in [3.05, 3.63) is 64.5 Å². The summed E-state index contributed by atoms with van der Waals surface area (Å²) in [5, 5.41) is 5.44. The van der Waals surface area contributed by atoms with E-state index >= 15 is 0 Å². The number of carbonyl (C=O) groups excluding carboxylic acids is 2. The first-order valence-corrected chi connectivity index (χ1v) is 8.14. The number of aryl methyl sites for hydroxylation is 2. The van der Waals surface area contributed by atoms with Crippen molar-refractivity contribution in [2.24, 2.45) is 0 Å². The first-order chi connectivity index (χ1) is 11.9. The Morgan fingerprint density at radius 1 is 1.08 bits per heavy atom. The van der Waals surface area contributed by atoms with E-state index in [1.54, 1.807) is 31.1 Å². The maximum Gasteiger partial charge on any atom is 0.317 e. The summed E-state index contributed by atoms with van der Waals surface area (Å²) in [4.78, 5) is 29.8. The molecule has 0 saturated carbocycles. The summed E-state index contributed by atoms with van der Waals surface area (Å²) in [6.07, 6.45) is 0. The molecule has 0 radical (unpaired) electrons. The number of aromatic nitrogens is 1. The molecule has 0 aliphatic heterocycles. The number of nitrogens with zero attached hydrogens (tertiary/aromatic N) is 2. The molecule has 2 N–H and O–H groups in total. The van der Waals surface area contributed by atoms with Crippen molar-refractivity contribution in [1.82, 2.24) is 20.5 Å². The van der Waals surface area contributed by atoms with Crippen molar-refractivity contribution < 1.29 is 9.59 Å². The van der Waals surface area contributed by atoms with Crippen LogP contribution in [0, 0.1) is 13.8 Å². The van der Waals surface area contributed by atoms with Crippen molar-refractivity contribution in [1.29, 1.82) is 0 Å². The fourth-order valence-electron chi connectivity index (χ4n) is 2.33. The predicted octanol–water partition coefficient (Wildman–Crippen LogP) is 2.40. The van der Waals surface area contributed by atoms with Gasteiger partial charge in [0.05, 0.1) is 12.2 Å². The van der Waals surface area contributed by atoms with Crippen molar-refractivity contribution in [2.75, 3.05) is 14.1 Å². The Hall–Kier alpha value is -2.89. The number of benzene rings is 1. The minimum Gasteiger partial charge on any atom is -0.355 e. The SMILES string of the molecule is CNC(=O)c1ccc(CN(C)C(=O)NCc2ccc(C)c(C)n2)cc1. The van der Waals surface area contributed by atoms with Gasteiger partial charge in [0, 0.05) is 31.9 Å². The molecule has 0 spiro atoms. The Kier molecular flexibility index (Phi) is 6.11. The molecule has 1 aromatic heterocycles. The van der Waals surface area contributed by atoms with Crippen molar-refractivity contribution >= 4 is 11.9 Å². The second-order valence-corrected chi connectivity index (χ2v) is 6.00. The molecule has 0 aliphatic rings. The highest BCUT2D eigenvalue weighted by Gasteiger charge is 2.10. The number of urea groups is 1. The quantitative estimate of drug-likeness (QED) is 0.878. The van der Waals surface area contributed by atoms with E-state index in [0.717, 1.165) is 22.5 Å². The Labute approximate surface area is 148 Å². The monoisotopic (exact) mass is 340 g/mol. The lowest BCUT2D eigenvalue weighted by atomic mass is 10.1. The van der Waals surface area contributed by atoms with Crippen molar-refractivity contribution in [2.45, 2.75) is 26.9 Å². The zero-order chi connectivity index (χ0) is 18.4. The Balaban J connectivity index is 1.89. The van der Waals surface area contributed by atoms with Gasteiger partial charge in [-0.1, -0.05) is 18.2 Å². The van der Waals surface area contributed by atoms with Crippen LogP contribution in [-0.2, 0) is 13.1 Å². The zero-order valence-electron chi connectivity index (χ0n) is 15.1. The summed E-state index contributed by atoms with van der Waals surface area (Å²) < 4.78 is 0. The first-order valence-electron chi connectivity index (χ1n) is 8.14. The molecule has 0 atom stereocenters. The lowest BCUT2D eigenvalue weighted by Gasteiger charge is -2.18. The molecule has 25 heavy (non-hydrogen) atoms. The van der Waals surface area contributed by atoms with Gasteiger partial charge in [0.25, 0.3) is 5.91 Å². The third-order valence-corrected chi connectivity index (χ3v) is 4.04. The fourth-order valence-corrected chi connectivity index (χ4v) is 2.33. The maximum absolute atomic E-state index is 12.2. The fraction of sp³-hybridized carbons (Fsp3) is 0.316. The van der Waals surface area contributed by atoms with Gasteiger partial charge in [-0.05, 0) is 43.2 Å². The molecule has 3 amide bonds. The number of rotatable bonds is 5. The van der Waals surface area contributed by atoms with Gasteiger partial charge < -0.3 is 15.5 Å². The van der Waals surface area contributed by atoms with Crippen LogP contribution < -0.4 is 10.6 Å². The van der Waals surface area contributed by atoms with Crippen LogP contribution in [0.3, 0.4) is 0 Å². The Morgan fingerprint density at radius 2 is 1.76 bits per heavy atom. The van der Waals surface area contributed by atoms with Crippen LogP contribution in [0.25, 0.3) is 0 Å². The molecule has 6 nitrogen and oxygen atoms in total. The molecule has 1 aromatic carbocycles. The highest BCUT2D eigenvalue weighted by Crippen LogP contribution is 2.08. The highest BCUT2D eigenvalue weighted by molar-refractivity contribution is 5.93. The Bertz CT molecular complexity index is 757. The standard InChI is InChI=1S/C19H24N4O2/c1-13-5-10-17(22-14(13)2)11-21-19(25)23(4)12-15-6-8-16(9-7-15)18(24)20-3/h5-10H,11-12H2,1-4H3,(H,20,24)(H,21,25). The molecule has 0 fully saturated rings. The van der Waals surface area contributed by atoms with E-state index in [-0.39, 0.29) is 11.9 Å².